The molecule has 0 aliphatic heterocycles. The summed E-state index contributed by atoms with van der Waals surface area (Å²) in [4.78, 5) is 22.3. The van der Waals surface area contributed by atoms with Crippen LogP contribution in [0.15, 0.2) is 24.3 Å². The van der Waals surface area contributed by atoms with Gasteiger partial charge in [-0.25, -0.2) is 0 Å². The number of carbonyl (C=O) groups excluding carboxylic acids is 2. The van der Waals surface area contributed by atoms with Crippen molar-refractivity contribution in [2.45, 2.75) is 6.18 Å². The van der Waals surface area contributed by atoms with Gasteiger partial charge in [-0.1, -0.05) is 28.1 Å². The molecule has 1 rings (SSSR count). The van der Waals surface area contributed by atoms with Gasteiger partial charge in [0, 0.05) is 5.56 Å². The smallest absolute Gasteiger partial charge is 0.290 e. The zero-order valence-corrected chi connectivity index (χ0v) is 9.43. The van der Waals surface area contributed by atoms with Crippen molar-refractivity contribution in [1.29, 1.82) is 0 Å². The average molecular weight is 295 g/mol. The number of Topliss-reactive ketones (excluding diaryl/α,β-unsaturated/α-hetero) is 2. The van der Waals surface area contributed by atoms with Gasteiger partial charge < -0.3 is 0 Å². The molecule has 0 aliphatic rings. The molecule has 2 nitrogen and oxygen atoms in total. The van der Waals surface area contributed by atoms with Crippen LogP contribution in [0.3, 0.4) is 0 Å². The molecule has 6 heteroatoms. The molecular weight excluding hydrogens is 289 g/mol. The highest BCUT2D eigenvalue weighted by molar-refractivity contribution is 9.09. The van der Waals surface area contributed by atoms with Gasteiger partial charge in [0.1, 0.15) is 0 Å². The molecule has 0 aliphatic carbocycles. The van der Waals surface area contributed by atoms with Crippen LogP contribution in [0.2, 0.25) is 0 Å². The predicted molar refractivity (Wildman–Crippen MR) is 54.6 cm³/mol. The molecule has 0 atom stereocenters. The van der Waals surface area contributed by atoms with E-state index in [2.05, 4.69) is 15.9 Å². The fraction of sp³-hybridized carbons (Fsp3) is 0.200. The Hall–Kier alpha value is -1.17. The SMILES string of the molecule is O=C(CBr)C(=O)c1ccc(C(F)(F)F)cc1. The van der Waals surface area contributed by atoms with Crippen molar-refractivity contribution in [3.8, 4) is 0 Å². The van der Waals surface area contributed by atoms with Gasteiger partial charge in [-0.05, 0) is 12.1 Å². The second-order valence-electron chi connectivity index (χ2n) is 2.96. The molecule has 0 saturated heterocycles. The van der Waals surface area contributed by atoms with Crippen molar-refractivity contribution in [2.75, 3.05) is 5.33 Å². The number of hydrogen-bond donors (Lipinski definition) is 0. The van der Waals surface area contributed by atoms with Gasteiger partial charge in [-0.2, -0.15) is 13.2 Å². The van der Waals surface area contributed by atoms with Gasteiger partial charge >= 0.3 is 6.18 Å². The van der Waals surface area contributed by atoms with E-state index in [0.29, 0.717) is 0 Å². The lowest BCUT2D eigenvalue weighted by Crippen LogP contribution is -2.15. The number of rotatable bonds is 3. The number of halogens is 4. The van der Waals surface area contributed by atoms with Crippen molar-refractivity contribution >= 4 is 27.5 Å². The molecule has 86 valence electrons. The number of carbonyl (C=O) groups is 2. The van der Waals surface area contributed by atoms with E-state index in [4.69, 9.17) is 0 Å². The molecule has 1 aromatic rings. The third-order valence-electron chi connectivity index (χ3n) is 1.85. The Labute approximate surface area is 97.6 Å². The molecule has 0 amide bonds. The van der Waals surface area contributed by atoms with E-state index in [1.807, 2.05) is 0 Å². The molecule has 0 fully saturated rings. The van der Waals surface area contributed by atoms with Gasteiger partial charge in [0.05, 0.1) is 10.9 Å². The minimum absolute atomic E-state index is 0.0440. The van der Waals surface area contributed by atoms with E-state index in [-0.39, 0.29) is 10.9 Å². The largest absolute Gasteiger partial charge is 0.416 e. The Kier molecular flexibility index (Phi) is 3.85. The maximum atomic E-state index is 12.2. The maximum Gasteiger partial charge on any atom is 0.416 e. The van der Waals surface area contributed by atoms with E-state index >= 15 is 0 Å². The van der Waals surface area contributed by atoms with Crippen molar-refractivity contribution < 1.29 is 22.8 Å². The lowest BCUT2D eigenvalue weighted by Gasteiger charge is -2.06. The first-order chi connectivity index (χ1) is 7.36. The van der Waals surface area contributed by atoms with E-state index in [1.54, 1.807) is 0 Å². The third-order valence-corrected chi connectivity index (χ3v) is 2.36. The summed E-state index contributed by atoms with van der Waals surface area (Å²) >= 11 is 2.81. The lowest BCUT2D eigenvalue weighted by molar-refractivity contribution is -0.137. The molecule has 0 radical (unpaired) electrons. The summed E-state index contributed by atoms with van der Waals surface area (Å²) < 4.78 is 36.6. The van der Waals surface area contributed by atoms with Crippen LogP contribution in [0.1, 0.15) is 15.9 Å². The zero-order valence-electron chi connectivity index (χ0n) is 7.84. The van der Waals surface area contributed by atoms with Gasteiger partial charge in [0.25, 0.3) is 0 Å². The predicted octanol–water partition coefficient (Wildman–Crippen LogP) is 2.85. The van der Waals surface area contributed by atoms with Gasteiger partial charge in [0.15, 0.2) is 0 Å². The van der Waals surface area contributed by atoms with Crippen molar-refractivity contribution in [2.24, 2.45) is 0 Å². The fourth-order valence-corrected chi connectivity index (χ4v) is 1.29. The Bertz CT molecular complexity index is 409. The minimum Gasteiger partial charge on any atom is -0.290 e. The molecule has 1 aromatic carbocycles. The second-order valence-corrected chi connectivity index (χ2v) is 3.52. The number of alkyl halides is 4. The number of ketones is 2. The maximum absolute atomic E-state index is 12.2. The Morgan fingerprint density at radius 2 is 1.62 bits per heavy atom. The van der Waals surface area contributed by atoms with Crippen LogP contribution < -0.4 is 0 Å². The van der Waals surface area contributed by atoms with Crippen LogP contribution in [-0.4, -0.2) is 16.9 Å². The highest BCUT2D eigenvalue weighted by Crippen LogP contribution is 2.29. The van der Waals surface area contributed by atoms with E-state index in [1.165, 1.54) is 0 Å². The molecular formula is C10H6BrF3O2. The topological polar surface area (TPSA) is 34.1 Å². The summed E-state index contributed by atoms with van der Waals surface area (Å²) in [5.41, 5.74) is -0.896. The van der Waals surface area contributed by atoms with Crippen LogP contribution in [-0.2, 0) is 11.0 Å². The molecule has 0 saturated carbocycles. The van der Waals surface area contributed by atoms with Gasteiger partial charge in [-0.3, -0.25) is 9.59 Å². The first-order valence-corrected chi connectivity index (χ1v) is 5.29. The number of hydrogen-bond acceptors (Lipinski definition) is 2. The van der Waals surface area contributed by atoms with Crippen molar-refractivity contribution in [3.05, 3.63) is 35.4 Å². The quantitative estimate of drug-likeness (QED) is 0.488. The number of benzene rings is 1. The van der Waals surface area contributed by atoms with Crippen LogP contribution in [0.25, 0.3) is 0 Å². The summed E-state index contributed by atoms with van der Waals surface area (Å²) in [6.45, 7) is 0. The van der Waals surface area contributed by atoms with E-state index in [0.717, 1.165) is 24.3 Å². The van der Waals surface area contributed by atoms with Crippen molar-refractivity contribution in [3.63, 3.8) is 0 Å². The molecule has 0 aromatic heterocycles. The lowest BCUT2D eigenvalue weighted by atomic mass is 10.1. The van der Waals surface area contributed by atoms with Crippen LogP contribution >= 0.6 is 15.9 Å². The zero-order chi connectivity index (χ0) is 12.3. The Morgan fingerprint density at radius 1 is 1.12 bits per heavy atom. The molecule has 16 heavy (non-hydrogen) atoms. The Morgan fingerprint density at radius 3 is 2.00 bits per heavy atom. The van der Waals surface area contributed by atoms with Crippen molar-refractivity contribution in [1.82, 2.24) is 0 Å². The second kappa shape index (κ2) is 4.78. The van der Waals surface area contributed by atoms with E-state index in [9.17, 15) is 22.8 Å². The summed E-state index contributed by atoms with van der Waals surface area (Å²) in [6.07, 6.45) is -4.44. The molecule has 0 heterocycles. The summed E-state index contributed by atoms with van der Waals surface area (Å²) in [7, 11) is 0. The molecule has 0 N–H and O–H groups in total. The van der Waals surface area contributed by atoms with Crippen LogP contribution in [0.5, 0.6) is 0 Å². The molecule has 0 spiro atoms. The highest BCUT2D eigenvalue weighted by atomic mass is 79.9. The fourth-order valence-electron chi connectivity index (χ4n) is 1.03. The third kappa shape index (κ3) is 2.91. The average Bonchev–Trinajstić information content (AvgIpc) is 2.26. The van der Waals surface area contributed by atoms with Gasteiger partial charge in [-0.15, -0.1) is 0 Å². The Balaban J connectivity index is 2.96. The highest BCUT2D eigenvalue weighted by Gasteiger charge is 2.30. The monoisotopic (exact) mass is 294 g/mol. The molecule has 0 unspecified atom stereocenters. The normalized spacial score (nSPS) is 11.2. The van der Waals surface area contributed by atoms with Gasteiger partial charge in [0.2, 0.25) is 11.6 Å². The first-order valence-electron chi connectivity index (χ1n) is 4.17. The standard InChI is InChI=1S/C10H6BrF3O2/c11-5-8(15)9(16)6-1-3-7(4-2-6)10(12,13)14/h1-4H,5H2. The van der Waals surface area contributed by atoms with Crippen LogP contribution in [0, 0.1) is 0 Å². The minimum atomic E-state index is -4.44. The molecule has 0 bridgehead atoms. The van der Waals surface area contributed by atoms with Crippen LogP contribution in [0.4, 0.5) is 13.2 Å². The van der Waals surface area contributed by atoms with E-state index < -0.39 is 23.3 Å². The summed E-state index contributed by atoms with van der Waals surface area (Å²) in [5.74, 6) is -1.50. The summed E-state index contributed by atoms with van der Waals surface area (Å²) in [6, 6.07) is 3.53. The summed E-state index contributed by atoms with van der Waals surface area (Å²) in [5, 5.41) is -0.146. The first kappa shape index (κ1) is 12.9.